The molecule has 3 rings (SSSR count). The molecule has 0 atom stereocenters. The van der Waals surface area contributed by atoms with Crippen molar-refractivity contribution in [1.29, 1.82) is 0 Å². The van der Waals surface area contributed by atoms with Crippen molar-refractivity contribution >= 4 is 28.6 Å². The number of carbonyl (C=O) groups is 1. The van der Waals surface area contributed by atoms with Gasteiger partial charge >= 0.3 is 5.97 Å². The summed E-state index contributed by atoms with van der Waals surface area (Å²) in [5.74, 6) is -1.67. The molecular formula is C19H19F2N3O3. The first-order chi connectivity index (χ1) is 13.0. The number of benzene rings is 2. The molecule has 0 radical (unpaired) electrons. The van der Waals surface area contributed by atoms with E-state index in [1.807, 2.05) is 0 Å². The minimum atomic E-state index is -0.729. The SMILES string of the molecule is CCOC(=O)c1ccc2c(c1)nc(Nc1c(F)cccc1F)n2CCOC. The molecule has 2 aromatic carbocycles. The minimum absolute atomic E-state index is 0.243. The van der Waals surface area contributed by atoms with Crippen LogP contribution in [0.1, 0.15) is 17.3 Å². The number of methoxy groups -OCH3 is 1. The Kier molecular flexibility index (Phi) is 5.66. The Hall–Kier alpha value is -3.00. The van der Waals surface area contributed by atoms with E-state index in [1.54, 1.807) is 36.8 Å². The molecule has 8 heteroatoms. The molecule has 0 saturated carbocycles. The van der Waals surface area contributed by atoms with E-state index in [9.17, 15) is 13.6 Å². The molecule has 1 aromatic heterocycles. The monoisotopic (exact) mass is 375 g/mol. The van der Waals surface area contributed by atoms with Gasteiger partial charge in [-0.3, -0.25) is 0 Å². The van der Waals surface area contributed by atoms with E-state index in [2.05, 4.69) is 10.3 Å². The largest absolute Gasteiger partial charge is 0.462 e. The molecule has 0 amide bonds. The third-order valence-electron chi connectivity index (χ3n) is 3.98. The fourth-order valence-corrected chi connectivity index (χ4v) is 2.70. The highest BCUT2D eigenvalue weighted by molar-refractivity contribution is 5.94. The van der Waals surface area contributed by atoms with Crippen molar-refractivity contribution in [3.8, 4) is 0 Å². The molecule has 1 heterocycles. The van der Waals surface area contributed by atoms with E-state index in [1.165, 1.54) is 6.07 Å². The maximum atomic E-state index is 14.0. The zero-order valence-electron chi connectivity index (χ0n) is 15.0. The van der Waals surface area contributed by atoms with Gasteiger partial charge in [0.2, 0.25) is 5.95 Å². The topological polar surface area (TPSA) is 65.4 Å². The van der Waals surface area contributed by atoms with E-state index >= 15 is 0 Å². The summed E-state index contributed by atoms with van der Waals surface area (Å²) in [6.45, 7) is 2.77. The summed E-state index contributed by atoms with van der Waals surface area (Å²) in [7, 11) is 1.56. The number of halogens is 2. The van der Waals surface area contributed by atoms with Gasteiger partial charge in [0.1, 0.15) is 17.3 Å². The zero-order valence-corrected chi connectivity index (χ0v) is 15.0. The van der Waals surface area contributed by atoms with E-state index in [0.717, 1.165) is 12.1 Å². The Bertz CT molecular complexity index is 952. The molecule has 0 aliphatic carbocycles. The molecule has 0 unspecified atom stereocenters. The summed E-state index contributed by atoms with van der Waals surface area (Å²) < 4.78 is 39.9. The summed E-state index contributed by atoms with van der Waals surface area (Å²) in [4.78, 5) is 16.3. The minimum Gasteiger partial charge on any atom is -0.462 e. The highest BCUT2D eigenvalue weighted by Gasteiger charge is 2.17. The zero-order chi connectivity index (χ0) is 19.4. The van der Waals surface area contributed by atoms with E-state index in [-0.39, 0.29) is 18.2 Å². The van der Waals surface area contributed by atoms with Gasteiger partial charge in [-0.25, -0.2) is 18.6 Å². The number of imidazole rings is 1. The third kappa shape index (κ3) is 3.90. The maximum Gasteiger partial charge on any atom is 0.338 e. The Morgan fingerprint density at radius 2 is 1.96 bits per heavy atom. The summed E-state index contributed by atoms with van der Waals surface area (Å²) in [6.07, 6.45) is 0. The first kappa shape index (κ1) is 18.8. The van der Waals surface area contributed by atoms with Crippen LogP contribution in [-0.4, -0.2) is 35.8 Å². The van der Waals surface area contributed by atoms with E-state index in [4.69, 9.17) is 9.47 Å². The lowest BCUT2D eigenvalue weighted by atomic mass is 10.2. The maximum absolute atomic E-state index is 14.0. The molecule has 0 aliphatic heterocycles. The van der Waals surface area contributed by atoms with Crippen molar-refractivity contribution in [2.45, 2.75) is 13.5 Å². The number of fused-ring (bicyclic) bond motifs is 1. The lowest BCUT2D eigenvalue weighted by Crippen LogP contribution is -2.09. The van der Waals surface area contributed by atoms with Gasteiger partial charge in [-0.2, -0.15) is 0 Å². The van der Waals surface area contributed by atoms with Crippen LogP contribution >= 0.6 is 0 Å². The highest BCUT2D eigenvalue weighted by Crippen LogP contribution is 2.27. The van der Waals surface area contributed by atoms with Crippen LogP contribution in [0.15, 0.2) is 36.4 Å². The highest BCUT2D eigenvalue weighted by atomic mass is 19.1. The van der Waals surface area contributed by atoms with Crippen LogP contribution in [0.25, 0.3) is 11.0 Å². The van der Waals surface area contributed by atoms with Crippen LogP contribution in [0.2, 0.25) is 0 Å². The molecule has 3 aromatic rings. The predicted molar refractivity (Wildman–Crippen MR) is 97.2 cm³/mol. The smallest absolute Gasteiger partial charge is 0.338 e. The number of carbonyl (C=O) groups excluding carboxylic acids is 1. The quantitative estimate of drug-likeness (QED) is 0.635. The summed E-state index contributed by atoms with van der Waals surface area (Å²) in [5, 5.41) is 2.71. The second-order valence-electron chi connectivity index (χ2n) is 5.73. The van der Waals surface area contributed by atoms with Gasteiger partial charge in [-0.1, -0.05) is 6.07 Å². The Morgan fingerprint density at radius 1 is 1.22 bits per heavy atom. The standard InChI is InChI=1S/C19H19F2N3O3/c1-3-27-18(25)12-7-8-16-15(11-12)22-19(24(16)9-10-26-2)23-17-13(20)5-4-6-14(17)21/h4-8,11H,3,9-10H2,1-2H3,(H,22,23). The normalized spacial score (nSPS) is 11.0. The molecule has 6 nitrogen and oxygen atoms in total. The van der Waals surface area contributed by atoms with Crippen LogP contribution in [0, 0.1) is 11.6 Å². The van der Waals surface area contributed by atoms with Gasteiger partial charge in [-0.05, 0) is 37.3 Å². The molecule has 0 fully saturated rings. The van der Waals surface area contributed by atoms with Crippen LogP contribution in [0.5, 0.6) is 0 Å². The second kappa shape index (κ2) is 8.13. The number of nitrogens with zero attached hydrogens (tertiary/aromatic N) is 2. The van der Waals surface area contributed by atoms with Gasteiger partial charge in [0.05, 0.1) is 29.8 Å². The molecule has 0 bridgehead atoms. The number of rotatable bonds is 7. The average molecular weight is 375 g/mol. The first-order valence-corrected chi connectivity index (χ1v) is 8.42. The molecule has 0 aliphatic rings. The van der Waals surface area contributed by atoms with Crippen molar-refractivity contribution in [1.82, 2.24) is 9.55 Å². The Labute approximate surface area is 154 Å². The van der Waals surface area contributed by atoms with Crippen LogP contribution in [-0.2, 0) is 16.0 Å². The van der Waals surface area contributed by atoms with Gasteiger partial charge in [0, 0.05) is 13.7 Å². The van der Waals surface area contributed by atoms with Gasteiger partial charge in [-0.15, -0.1) is 0 Å². The molecule has 1 N–H and O–H groups in total. The van der Waals surface area contributed by atoms with Crippen molar-refractivity contribution in [2.24, 2.45) is 0 Å². The van der Waals surface area contributed by atoms with Crippen molar-refractivity contribution in [3.05, 3.63) is 53.6 Å². The average Bonchev–Trinajstić information content (AvgIpc) is 2.99. The number of anilines is 2. The molecule has 0 saturated heterocycles. The Balaban J connectivity index is 2.05. The fraction of sp³-hybridized carbons (Fsp3) is 0.263. The molecular weight excluding hydrogens is 356 g/mol. The van der Waals surface area contributed by atoms with Gasteiger partial charge in [0.15, 0.2) is 0 Å². The summed E-state index contributed by atoms with van der Waals surface area (Å²) in [6, 6.07) is 8.53. The van der Waals surface area contributed by atoms with E-state index < -0.39 is 17.6 Å². The van der Waals surface area contributed by atoms with Gasteiger partial charge < -0.3 is 19.4 Å². The van der Waals surface area contributed by atoms with E-state index in [0.29, 0.717) is 29.7 Å². The van der Waals surface area contributed by atoms with Gasteiger partial charge in [0.25, 0.3) is 0 Å². The second-order valence-corrected chi connectivity index (χ2v) is 5.73. The number of esters is 1. The molecule has 142 valence electrons. The molecule has 0 spiro atoms. The van der Waals surface area contributed by atoms with Crippen molar-refractivity contribution in [2.75, 3.05) is 25.6 Å². The predicted octanol–water partition coefficient (Wildman–Crippen LogP) is 3.88. The lowest BCUT2D eigenvalue weighted by Gasteiger charge is -2.11. The van der Waals surface area contributed by atoms with Crippen molar-refractivity contribution in [3.63, 3.8) is 0 Å². The lowest BCUT2D eigenvalue weighted by molar-refractivity contribution is 0.0526. The fourth-order valence-electron chi connectivity index (χ4n) is 2.70. The van der Waals surface area contributed by atoms with Crippen LogP contribution in [0.4, 0.5) is 20.4 Å². The number of nitrogens with one attached hydrogen (secondary N) is 1. The Morgan fingerprint density at radius 3 is 2.63 bits per heavy atom. The van der Waals surface area contributed by atoms with Crippen LogP contribution < -0.4 is 5.32 Å². The van der Waals surface area contributed by atoms with Crippen LogP contribution in [0.3, 0.4) is 0 Å². The number of ether oxygens (including phenoxy) is 2. The molecule has 27 heavy (non-hydrogen) atoms. The summed E-state index contributed by atoms with van der Waals surface area (Å²) >= 11 is 0. The number of para-hydroxylation sites is 1. The summed E-state index contributed by atoms with van der Waals surface area (Å²) in [5.41, 5.74) is 1.25. The number of hydrogen-bond acceptors (Lipinski definition) is 5. The third-order valence-corrected chi connectivity index (χ3v) is 3.98. The number of hydrogen-bond donors (Lipinski definition) is 1. The first-order valence-electron chi connectivity index (χ1n) is 8.42. The number of aromatic nitrogens is 2. The van der Waals surface area contributed by atoms with Crippen molar-refractivity contribution < 1.29 is 23.0 Å².